The SMILES string of the molecule is O=c1ccc2ncnc(Oc3ccc4[nH]ccc4c3F)c2[nH]1. The summed E-state index contributed by atoms with van der Waals surface area (Å²) in [6.45, 7) is 0. The molecule has 0 amide bonds. The molecule has 3 aromatic heterocycles. The Morgan fingerprint density at radius 2 is 2.00 bits per heavy atom. The molecule has 3 heterocycles. The number of aromatic nitrogens is 4. The van der Waals surface area contributed by atoms with Gasteiger partial charge in [-0.25, -0.2) is 9.37 Å². The van der Waals surface area contributed by atoms with Crippen molar-refractivity contribution in [3.8, 4) is 11.6 Å². The van der Waals surface area contributed by atoms with Crippen molar-refractivity contribution in [1.29, 1.82) is 0 Å². The lowest BCUT2D eigenvalue weighted by atomic mass is 10.2. The van der Waals surface area contributed by atoms with Crippen LogP contribution in [0.2, 0.25) is 0 Å². The average Bonchev–Trinajstić information content (AvgIpc) is 3.00. The Hall–Kier alpha value is -3.22. The molecule has 0 radical (unpaired) electrons. The summed E-state index contributed by atoms with van der Waals surface area (Å²) in [5, 5.41) is 0.421. The summed E-state index contributed by atoms with van der Waals surface area (Å²) in [6.07, 6.45) is 2.94. The largest absolute Gasteiger partial charge is 0.434 e. The number of ether oxygens (including phenoxy) is 1. The molecule has 4 rings (SSSR count). The highest BCUT2D eigenvalue weighted by Gasteiger charge is 2.13. The monoisotopic (exact) mass is 296 g/mol. The van der Waals surface area contributed by atoms with Crippen LogP contribution >= 0.6 is 0 Å². The van der Waals surface area contributed by atoms with Gasteiger partial charge in [-0.1, -0.05) is 0 Å². The van der Waals surface area contributed by atoms with Gasteiger partial charge in [-0.3, -0.25) is 4.79 Å². The molecule has 0 spiro atoms. The molecule has 0 atom stereocenters. The number of rotatable bonds is 2. The highest BCUT2D eigenvalue weighted by molar-refractivity contribution is 5.82. The van der Waals surface area contributed by atoms with Crippen molar-refractivity contribution in [3.05, 3.63) is 59.0 Å². The van der Waals surface area contributed by atoms with Crippen LogP contribution < -0.4 is 10.3 Å². The number of pyridine rings is 1. The maximum atomic E-state index is 14.4. The molecule has 7 heteroatoms. The van der Waals surface area contributed by atoms with Gasteiger partial charge in [-0.2, -0.15) is 4.98 Å². The Bertz CT molecular complexity index is 1050. The first-order valence-electron chi connectivity index (χ1n) is 6.50. The Morgan fingerprint density at radius 1 is 1.09 bits per heavy atom. The van der Waals surface area contributed by atoms with Gasteiger partial charge in [0.15, 0.2) is 11.6 Å². The van der Waals surface area contributed by atoms with E-state index in [2.05, 4.69) is 19.9 Å². The van der Waals surface area contributed by atoms with E-state index in [0.717, 1.165) is 0 Å². The Morgan fingerprint density at radius 3 is 2.91 bits per heavy atom. The van der Waals surface area contributed by atoms with Gasteiger partial charge >= 0.3 is 0 Å². The van der Waals surface area contributed by atoms with Crippen molar-refractivity contribution in [1.82, 2.24) is 19.9 Å². The van der Waals surface area contributed by atoms with Gasteiger partial charge in [0.1, 0.15) is 11.8 Å². The van der Waals surface area contributed by atoms with E-state index in [1.165, 1.54) is 18.5 Å². The second-order valence-electron chi connectivity index (χ2n) is 4.68. The van der Waals surface area contributed by atoms with Gasteiger partial charge < -0.3 is 14.7 Å². The topological polar surface area (TPSA) is 83.7 Å². The fraction of sp³-hybridized carbons (Fsp3) is 0. The van der Waals surface area contributed by atoms with E-state index in [4.69, 9.17) is 4.74 Å². The van der Waals surface area contributed by atoms with Crippen LogP contribution in [0.25, 0.3) is 21.9 Å². The Labute approximate surface area is 122 Å². The first kappa shape index (κ1) is 12.5. The highest BCUT2D eigenvalue weighted by atomic mass is 19.1. The molecule has 2 N–H and O–H groups in total. The van der Waals surface area contributed by atoms with Crippen molar-refractivity contribution in [2.75, 3.05) is 0 Å². The molecule has 0 saturated carbocycles. The third-order valence-electron chi connectivity index (χ3n) is 3.32. The van der Waals surface area contributed by atoms with E-state index in [9.17, 15) is 9.18 Å². The number of nitrogens with one attached hydrogen (secondary N) is 2. The van der Waals surface area contributed by atoms with Gasteiger partial charge in [0.2, 0.25) is 11.4 Å². The summed E-state index contributed by atoms with van der Waals surface area (Å²) in [4.78, 5) is 25.0. The van der Waals surface area contributed by atoms with E-state index in [-0.39, 0.29) is 17.2 Å². The second kappa shape index (κ2) is 4.66. The minimum absolute atomic E-state index is 0.0248. The molecule has 6 nitrogen and oxygen atoms in total. The van der Waals surface area contributed by atoms with E-state index in [1.807, 2.05) is 0 Å². The van der Waals surface area contributed by atoms with Crippen LogP contribution in [-0.2, 0) is 0 Å². The number of hydrogen-bond acceptors (Lipinski definition) is 4. The van der Waals surface area contributed by atoms with Crippen LogP contribution in [0.1, 0.15) is 0 Å². The van der Waals surface area contributed by atoms with Gasteiger partial charge in [0, 0.05) is 23.2 Å². The molecule has 4 aromatic rings. The highest BCUT2D eigenvalue weighted by Crippen LogP contribution is 2.30. The van der Waals surface area contributed by atoms with Gasteiger partial charge in [-0.05, 0) is 24.3 Å². The molecule has 1 aromatic carbocycles. The summed E-state index contributed by atoms with van der Waals surface area (Å²) in [5.41, 5.74) is 1.19. The van der Waals surface area contributed by atoms with Crippen molar-refractivity contribution in [2.24, 2.45) is 0 Å². The van der Waals surface area contributed by atoms with Crippen molar-refractivity contribution in [2.45, 2.75) is 0 Å². The predicted octanol–water partition coefficient (Wildman–Crippen LogP) is 2.73. The Balaban J connectivity index is 1.87. The van der Waals surface area contributed by atoms with E-state index < -0.39 is 5.82 Å². The molecule has 22 heavy (non-hydrogen) atoms. The number of nitrogens with zero attached hydrogens (tertiary/aromatic N) is 2. The van der Waals surface area contributed by atoms with Crippen LogP contribution in [0.3, 0.4) is 0 Å². The van der Waals surface area contributed by atoms with Crippen LogP contribution in [0, 0.1) is 5.82 Å². The fourth-order valence-corrected chi connectivity index (χ4v) is 2.28. The zero-order chi connectivity index (χ0) is 15.1. The number of hydrogen-bond donors (Lipinski definition) is 2. The van der Waals surface area contributed by atoms with E-state index in [0.29, 0.717) is 21.9 Å². The molecule has 0 unspecified atom stereocenters. The molecule has 0 bridgehead atoms. The number of aromatic amines is 2. The summed E-state index contributed by atoms with van der Waals surface area (Å²) in [7, 11) is 0. The minimum atomic E-state index is -0.496. The van der Waals surface area contributed by atoms with Crippen LogP contribution in [0.4, 0.5) is 4.39 Å². The molecule has 0 saturated heterocycles. The average molecular weight is 296 g/mol. The minimum Gasteiger partial charge on any atom is -0.434 e. The zero-order valence-electron chi connectivity index (χ0n) is 11.1. The van der Waals surface area contributed by atoms with Crippen LogP contribution in [0.15, 0.2) is 47.7 Å². The third-order valence-corrected chi connectivity index (χ3v) is 3.32. The molecular weight excluding hydrogens is 287 g/mol. The summed E-state index contributed by atoms with van der Waals surface area (Å²) < 4.78 is 20.0. The van der Waals surface area contributed by atoms with Gasteiger partial charge in [0.05, 0.1) is 5.52 Å². The molecular formula is C15H9FN4O2. The standard InChI is InChI=1S/C15H9FN4O2/c16-13-8-5-6-17-9(8)1-3-11(13)22-15-14-10(18-7-19-15)2-4-12(21)20-14/h1-7,17H,(H,20,21). The summed E-state index contributed by atoms with van der Waals surface area (Å²) in [5.74, 6) is -0.378. The molecule has 108 valence electrons. The van der Waals surface area contributed by atoms with Gasteiger partial charge in [0.25, 0.3) is 0 Å². The van der Waals surface area contributed by atoms with Crippen LogP contribution in [0.5, 0.6) is 11.6 Å². The third kappa shape index (κ3) is 1.91. The zero-order valence-corrected chi connectivity index (χ0v) is 11.1. The molecule has 0 aliphatic heterocycles. The lowest BCUT2D eigenvalue weighted by Crippen LogP contribution is -2.05. The maximum Gasteiger partial charge on any atom is 0.248 e. The van der Waals surface area contributed by atoms with Crippen molar-refractivity contribution < 1.29 is 9.13 Å². The quantitative estimate of drug-likeness (QED) is 0.595. The smallest absolute Gasteiger partial charge is 0.248 e. The first-order chi connectivity index (χ1) is 10.7. The van der Waals surface area contributed by atoms with Crippen LogP contribution in [-0.4, -0.2) is 19.9 Å². The molecule has 0 aliphatic rings. The van der Waals surface area contributed by atoms with Crippen molar-refractivity contribution in [3.63, 3.8) is 0 Å². The number of fused-ring (bicyclic) bond motifs is 2. The lowest BCUT2D eigenvalue weighted by Gasteiger charge is -2.08. The summed E-state index contributed by atoms with van der Waals surface area (Å²) in [6, 6.07) is 7.74. The number of H-pyrrole nitrogens is 2. The lowest BCUT2D eigenvalue weighted by molar-refractivity contribution is 0.434. The van der Waals surface area contributed by atoms with Crippen molar-refractivity contribution >= 4 is 21.9 Å². The van der Waals surface area contributed by atoms with Gasteiger partial charge in [-0.15, -0.1) is 0 Å². The molecule has 0 aliphatic carbocycles. The second-order valence-corrected chi connectivity index (χ2v) is 4.68. The van der Waals surface area contributed by atoms with E-state index in [1.54, 1.807) is 24.4 Å². The predicted molar refractivity (Wildman–Crippen MR) is 78.5 cm³/mol. The first-order valence-corrected chi connectivity index (χ1v) is 6.50. The maximum absolute atomic E-state index is 14.4. The number of benzene rings is 1. The molecule has 0 fully saturated rings. The fourth-order valence-electron chi connectivity index (χ4n) is 2.28. The summed E-state index contributed by atoms with van der Waals surface area (Å²) >= 11 is 0. The normalized spacial score (nSPS) is 11.1. The number of halogens is 1. The van der Waals surface area contributed by atoms with E-state index >= 15 is 0 Å². The Kier molecular flexibility index (Phi) is 2.65.